The van der Waals surface area contributed by atoms with Gasteiger partial charge in [-0.05, 0) is 36.2 Å². The molecular formula is C20H18O6. The molecule has 26 heavy (non-hydrogen) atoms. The molecule has 3 N–H and O–H groups in total. The zero-order chi connectivity index (χ0) is 18.5. The lowest BCUT2D eigenvalue weighted by atomic mass is 9.80. The first-order chi connectivity index (χ1) is 12.4. The number of esters is 1. The summed E-state index contributed by atoms with van der Waals surface area (Å²) >= 11 is 0. The molecule has 2 aromatic carbocycles. The van der Waals surface area contributed by atoms with Gasteiger partial charge in [-0.3, -0.25) is 0 Å². The topological polar surface area (TPSA) is 96.2 Å². The van der Waals surface area contributed by atoms with E-state index in [1.54, 1.807) is 31.2 Å². The van der Waals surface area contributed by atoms with E-state index in [1.807, 2.05) is 0 Å². The van der Waals surface area contributed by atoms with E-state index in [2.05, 4.69) is 0 Å². The molecule has 2 atom stereocenters. The van der Waals surface area contributed by atoms with Gasteiger partial charge in [0.2, 0.25) is 0 Å². The Balaban J connectivity index is 1.75. The van der Waals surface area contributed by atoms with Crippen LogP contribution in [0.3, 0.4) is 0 Å². The van der Waals surface area contributed by atoms with E-state index < -0.39 is 17.5 Å². The third-order valence-corrected chi connectivity index (χ3v) is 4.88. The van der Waals surface area contributed by atoms with Crippen LogP contribution in [0.2, 0.25) is 0 Å². The fourth-order valence-electron chi connectivity index (χ4n) is 3.80. The van der Waals surface area contributed by atoms with Gasteiger partial charge >= 0.3 is 5.97 Å². The number of carbonyl (C=O) groups excluding carboxylic acids is 1. The van der Waals surface area contributed by atoms with E-state index in [-0.39, 0.29) is 18.1 Å². The first-order valence-electron chi connectivity index (χ1n) is 8.29. The molecule has 0 amide bonds. The van der Waals surface area contributed by atoms with Crippen LogP contribution >= 0.6 is 0 Å². The SMILES string of the molecule is C/C=C/C(=O)Oc1ccc2c(c1)OC[C@]1(O)Cc3cc(O)c(O)cc3[C@H]21. The lowest BCUT2D eigenvalue weighted by molar-refractivity contribution is -0.129. The lowest BCUT2D eigenvalue weighted by Crippen LogP contribution is -2.43. The predicted octanol–water partition coefficient (Wildman–Crippen LogP) is 2.39. The Morgan fingerprint density at radius 2 is 2.00 bits per heavy atom. The summed E-state index contributed by atoms with van der Waals surface area (Å²) < 4.78 is 11.0. The highest BCUT2D eigenvalue weighted by atomic mass is 16.5. The van der Waals surface area contributed by atoms with Crippen molar-refractivity contribution in [2.75, 3.05) is 6.61 Å². The van der Waals surface area contributed by atoms with Gasteiger partial charge in [0.05, 0.1) is 0 Å². The van der Waals surface area contributed by atoms with Gasteiger partial charge in [-0.15, -0.1) is 0 Å². The third kappa shape index (κ3) is 2.50. The highest BCUT2D eigenvalue weighted by molar-refractivity contribution is 5.84. The Labute approximate surface area is 149 Å². The molecule has 134 valence electrons. The summed E-state index contributed by atoms with van der Waals surface area (Å²) in [5.41, 5.74) is 1.12. The monoisotopic (exact) mass is 354 g/mol. The Hall–Kier alpha value is -2.99. The number of aromatic hydroxyl groups is 2. The number of hydrogen-bond acceptors (Lipinski definition) is 6. The molecule has 4 rings (SSSR count). The summed E-state index contributed by atoms with van der Waals surface area (Å²) in [6.07, 6.45) is 3.23. The van der Waals surface area contributed by atoms with Crippen LogP contribution < -0.4 is 9.47 Å². The minimum absolute atomic E-state index is 0.0626. The zero-order valence-corrected chi connectivity index (χ0v) is 14.1. The molecule has 2 aliphatic rings. The summed E-state index contributed by atoms with van der Waals surface area (Å²) in [5.74, 6) is -0.439. The average Bonchev–Trinajstić information content (AvgIpc) is 2.87. The molecule has 2 aromatic rings. The minimum Gasteiger partial charge on any atom is -0.504 e. The summed E-state index contributed by atoms with van der Waals surface area (Å²) in [7, 11) is 0. The van der Waals surface area contributed by atoms with Gasteiger partial charge in [-0.25, -0.2) is 4.79 Å². The second-order valence-corrected chi connectivity index (χ2v) is 6.66. The van der Waals surface area contributed by atoms with Gasteiger partial charge in [0.1, 0.15) is 23.7 Å². The van der Waals surface area contributed by atoms with Gasteiger partial charge in [0.25, 0.3) is 0 Å². The molecule has 0 saturated carbocycles. The van der Waals surface area contributed by atoms with Crippen LogP contribution in [0, 0.1) is 0 Å². The van der Waals surface area contributed by atoms with Gasteiger partial charge in [0.15, 0.2) is 11.5 Å². The molecule has 0 spiro atoms. The van der Waals surface area contributed by atoms with Gasteiger partial charge < -0.3 is 24.8 Å². The fourth-order valence-corrected chi connectivity index (χ4v) is 3.80. The summed E-state index contributed by atoms with van der Waals surface area (Å²) in [6.45, 7) is 1.79. The van der Waals surface area contributed by atoms with E-state index in [1.165, 1.54) is 18.2 Å². The number of rotatable bonds is 2. The second kappa shape index (κ2) is 5.78. The number of hydrogen-bond donors (Lipinski definition) is 3. The molecule has 1 heterocycles. The normalized spacial score (nSPS) is 23.1. The second-order valence-electron chi connectivity index (χ2n) is 6.66. The van der Waals surface area contributed by atoms with Crippen molar-refractivity contribution in [3.63, 3.8) is 0 Å². The van der Waals surface area contributed by atoms with E-state index in [0.29, 0.717) is 17.9 Å². The average molecular weight is 354 g/mol. The van der Waals surface area contributed by atoms with Crippen LogP contribution in [0.25, 0.3) is 0 Å². The quantitative estimate of drug-likeness (QED) is 0.332. The number of carbonyl (C=O) groups is 1. The Morgan fingerprint density at radius 3 is 2.77 bits per heavy atom. The maximum Gasteiger partial charge on any atom is 0.335 e. The Bertz CT molecular complexity index is 932. The van der Waals surface area contributed by atoms with Crippen molar-refractivity contribution < 1.29 is 29.6 Å². The molecule has 1 aliphatic carbocycles. The van der Waals surface area contributed by atoms with Crippen molar-refractivity contribution in [3.8, 4) is 23.0 Å². The van der Waals surface area contributed by atoms with Gasteiger partial charge in [-0.1, -0.05) is 12.1 Å². The zero-order valence-electron chi connectivity index (χ0n) is 14.1. The molecule has 0 saturated heterocycles. The largest absolute Gasteiger partial charge is 0.504 e. The van der Waals surface area contributed by atoms with Crippen LogP contribution in [0.4, 0.5) is 0 Å². The van der Waals surface area contributed by atoms with Crippen molar-refractivity contribution in [2.24, 2.45) is 0 Å². The number of aliphatic hydroxyl groups is 1. The standard InChI is InChI=1S/C20H18O6/c1-2-3-18(23)26-12-4-5-13-17(7-12)25-10-20(24)9-11-6-15(21)16(22)8-14(11)19(13)20/h2-8,19,21-22,24H,9-10H2,1H3/b3-2+/t19-,20+/m0/s1. The van der Waals surface area contributed by atoms with Crippen LogP contribution in [0.1, 0.15) is 29.5 Å². The van der Waals surface area contributed by atoms with Crippen molar-refractivity contribution in [3.05, 3.63) is 59.2 Å². The third-order valence-electron chi connectivity index (χ3n) is 4.88. The number of fused-ring (bicyclic) bond motifs is 5. The first kappa shape index (κ1) is 16.5. The van der Waals surface area contributed by atoms with Gasteiger partial charge in [-0.2, -0.15) is 0 Å². The van der Waals surface area contributed by atoms with Crippen LogP contribution in [0.5, 0.6) is 23.0 Å². The van der Waals surface area contributed by atoms with E-state index in [9.17, 15) is 20.1 Å². The molecule has 6 heteroatoms. The number of benzene rings is 2. The highest BCUT2D eigenvalue weighted by Crippen LogP contribution is 2.53. The summed E-state index contributed by atoms with van der Waals surface area (Å²) in [5, 5.41) is 30.7. The Morgan fingerprint density at radius 1 is 1.23 bits per heavy atom. The molecule has 0 fully saturated rings. The van der Waals surface area contributed by atoms with Crippen LogP contribution in [-0.4, -0.2) is 33.5 Å². The molecule has 1 aliphatic heterocycles. The molecule has 0 unspecified atom stereocenters. The lowest BCUT2D eigenvalue weighted by Gasteiger charge is -2.36. The molecule has 0 radical (unpaired) electrons. The molecular weight excluding hydrogens is 336 g/mol. The van der Waals surface area contributed by atoms with Crippen LogP contribution in [-0.2, 0) is 11.2 Å². The van der Waals surface area contributed by atoms with Crippen LogP contribution in [0.15, 0.2) is 42.5 Å². The number of ether oxygens (including phenoxy) is 2. The number of allylic oxidation sites excluding steroid dienone is 1. The van der Waals surface area contributed by atoms with Gasteiger partial charge in [0, 0.05) is 30.0 Å². The molecule has 0 aromatic heterocycles. The fraction of sp³-hybridized carbons (Fsp3) is 0.250. The smallest absolute Gasteiger partial charge is 0.335 e. The van der Waals surface area contributed by atoms with E-state index >= 15 is 0 Å². The predicted molar refractivity (Wildman–Crippen MR) is 92.7 cm³/mol. The summed E-state index contributed by atoms with van der Waals surface area (Å²) in [4.78, 5) is 11.6. The van der Waals surface area contributed by atoms with Crippen molar-refractivity contribution in [1.29, 1.82) is 0 Å². The van der Waals surface area contributed by atoms with Crippen molar-refractivity contribution in [1.82, 2.24) is 0 Å². The first-order valence-corrected chi connectivity index (χ1v) is 8.29. The molecule has 6 nitrogen and oxygen atoms in total. The van der Waals surface area contributed by atoms with Crippen molar-refractivity contribution >= 4 is 5.97 Å². The summed E-state index contributed by atoms with van der Waals surface area (Å²) in [6, 6.07) is 7.99. The van der Waals surface area contributed by atoms with E-state index in [0.717, 1.165) is 16.7 Å². The minimum atomic E-state index is -1.15. The maximum atomic E-state index is 11.6. The molecule has 0 bridgehead atoms. The number of phenolic OH excluding ortho intramolecular Hbond substituents is 2. The van der Waals surface area contributed by atoms with Crippen molar-refractivity contribution in [2.45, 2.75) is 24.9 Å². The number of phenols is 2. The Kier molecular flexibility index (Phi) is 3.66. The van der Waals surface area contributed by atoms with E-state index in [4.69, 9.17) is 9.47 Å². The highest BCUT2D eigenvalue weighted by Gasteiger charge is 2.50. The maximum absolute atomic E-state index is 11.6.